The molecular weight excluding hydrogens is 341 g/mol. The summed E-state index contributed by atoms with van der Waals surface area (Å²) in [6.07, 6.45) is -2.12. The molecule has 7 heteroatoms. The molecular formula is C19H17F3N4. The molecule has 2 aromatic carbocycles. The fourth-order valence-corrected chi connectivity index (χ4v) is 2.54. The second-order valence-electron chi connectivity index (χ2n) is 5.57. The lowest BCUT2D eigenvalue weighted by molar-refractivity contribution is -0.136. The summed E-state index contributed by atoms with van der Waals surface area (Å²) in [5.41, 5.74) is 1.16. The van der Waals surface area contributed by atoms with Crippen LogP contribution in [0.25, 0.3) is 0 Å². The summed E-state index contributed by atoms with van der Waals surface area (Å²) in [5, 5.41) is 5.83. The number of aromatic nitrogens is 2. The van der Waals surface area contributed by atoms with E-state index >= 15 is 0 Å². The molecule has 0 bridgehead atoms. The molecule has 4 nitrogen and oxygen atoms in total. The van der Waals surface area contributed by atoms with Gasteiger partial charge < -0.3 is 10.6 Å². The summed E-state index contributed by atoms with van der Waals surface area (Å²) in [6, 6.07) is 14.5. The van der Waals surface area contributed by atoms with Crippen LogP contribution in [0.3, 0.4) is 0 Å². The van der Waals surface area contributed by atoms with Crippen molar-refractivity contribution in [3.05, 3.63) is 71.9 Å². The minimum absolute atomic E-state index is 0.0568. The Balaban J connectivity index is 1.85. The predicted molar refractivity (Wildman–Crippen MR) is 95.9 cm³/mol. The van der Waals surface area contributed by atoms with E-state index in [1.54, 1.807) is 0 Å². The number of halogens is 3. The number of hydrogen-bond donors (Lipinski definition) is 2. The molecule has 1 heterocycles. The highest BCUT2D eigenvalue weighted by Crippen LogP contribution is 2.35. The van der Waals surface area contributed by atoms with Crippen molar-refractivity contribution in [3.63, 3.8) is 0 Å². The Labute approximate surface area is 149 Å². The first kappa shape index (κ1) is 17.7. The highest BCUT2D eigenvalue weighted by atomic mass is 19.4. The van der Waals surface area contributed by atoms with Crippen LogP contribution < -0.4 is 10.6 Å². The standard InChI is InChI=1S/C19H17F3N4/c1-2-13-7-3-5-9-15(13)25-18-23-12-11-17(26-18)24-16-10-6-4-8-14(16)19(20,21)22/h3-12H,2H2,1H3,(H2,23,24,25,26). The summed E-state index contributed by atoms with van der Waals surface area (Å²) in [7, 11) is 0. The molecule has 0 radical (unpaired) electrons. The van der Waals surface area contributed by atoms with Gasteiger partial charge in [0.1, 0.15) is 5.82 Å². The Hall–Kier alpha value is -3.09. The lowest BCUT2D eigenvalue weighted by Gasteiger charge is -2.14. The molecule has 0 aliphatic heterocycles. The first-order valence-corrected chi connectivity index (χ1v) is 8.08. The summed E-state index contributed by atoms with van der Waals surface area (Å²) in [5.74, 6) is 0.577. The van der Waals surface area contributed by atoms with Gasteiger partial charge in [-0.1, -0.05) is 37.3 Å². The zero-order valence-corrected chi connectivity index (χ0v) is 14.0. The van der Waals surface area contributed by atoms with E-state index in [2.05, 4.69) is 20.6 Å². The van der Waals surface area contributed by atoms with Gasteiger partial charge in [-0.3, -0.25) is 0 Å². The number of hydrogen-bond acceptors (Lipinski definition) is 4. The predicted octanol–water partition coefficient (Wildman–Crippen LogP) is 5.55. The number of alkyl halides is 3. The van der Waals surface area contributed by atoms with Crippen LogP contribution in [0.15, 0.2) is 60.8 Å². The maximum Gasteiger partial charge on any atom is 0.418 e. The highest BCUT2D eigenvalue weighted by Gasteiger charge is 2.33. The van der Waals surface area contributed by atoms with Crippen LogP contribution in [-0.2, 0) is 12.6 Å². The van der Waals surface area contributed by atoms with Gasteiger partial charge in [0.05, 0.1) is 11.3 Å². The monoisotopic (exact) mass is 358 g/mol. The van der Waals surface area contributed by atoms with Crippen LogP contribution in [0.1, 0.15) is 18.1 Å². The van der Waals surface area contributed by atoms with E-state index in [1.807, 2.05) is 31.2 Å². The molecule has 2 N–H and O–H groups in total. The first-order valence-electron chi connectivity index (χ1n) is 8.08. The van der Waals surface area contributed by atoms with Gasteiger partial charge in [0.25, 0.3) is 0 Å². The Kier molecular flexibility index (Phi) is 5.06. The van der Waals surface area contributed by atoms with Gasteiger partial charge >= 0.3 is 6.18 Å². The number of para-hydroxylation sites is 2. The fraction of sp³-hybridized carbons (Fsp3) is 0.158. The van der Waals surface area contributed by atoms with Crippen molar-refractivity contribution in [1.82, 2.24) is 9.97 Å². The Bertz CT molecular complexity index is 894. The lowest BCUT2D eigenvalue weighted by atomic mass is 10.1. The average Bonchev–Trinajstić information content (AvgIpc) is 2.62. The maximum atomic E-state index is 13.1. The second kappa shape index (κ2) is 7.43. The van der Waals surface area contributed by atoms with Crippen molar-refractivity contribution < 1.29 is 13.2 Å². The number of nitrogens with zero attached hydrogens (tertiary/aromatic N) is 2. The van der Waals surface area contributed by atoms with Crippen LogP contribution in [0.2, 0.25) is 0 Å². The largest absolute Gasteiger partial charge is 0.418 e. The van der Waals surface area contributed by atoms with E-state index in [-0.39, 0.29) is 11.5 Å². The summed E-state index contributed by atoms with van der Waals surface area (Å²) >= 11 is 0. The van der Waals surface area contributed by atoms with E-state index in [9.17, 15) is 13.2 Å². The van der Waals surface area contributed by atoms with E-state index in [0.29, 0.717) is 5.95 Å². The highest BCUT2D eigenvalue weighted by molar-refractivity contribution is 5.64. The molecule has 0 aliphatic carbocycles. The molecule has 0 spiro atoms. The molecule has 3 aromatic rings. The van der Waals surface area contributed by atoms with Crippen molar-refractivity contribution in [3.8, 4) is 0 Å². The third-order valence-corrected chi connectivity index (χ3v) is 3.80. The van der Waals surface area contributed by atoms with Crippen molar-refractivity contribution in [1.29, 1.82) is 0 Å². The van der Waals surface area contributed by atoms with Crippen molar-refractivity contribution in [2.75, 3.05) is 10.6 Å². The van der Waals surface area contributed by atoms with Gasteiger partial charge in [-0.05, 0) is 36.2 Å². The van der Waals surface area contributed by atoms with Gasteiger partial charge in [0.2, 0.25) is 5.95 Å². The first-order chi connectivity index (χ1) is 12.5. The van der Waals surface area contributed by atoms with Gasteiger partial charge in [-0.15, -0.1) is 0 Å². The van der Waals surface area contributed by atoms with E-state index < -0.39 is 11.7 Å². The van der Waals surface area contributed by atoms with E-state index in [1.165, 1.54) is 30.5 Å². The number of aryl methyl sites for hydroxylation is 1. The van der Waals surface area contributed by atoms with E-state index in [4.69, 9.17) is 0 Å². The van der Waals surface area contributed by atoms with Crippen LogP contribution >= 0.6 is 0 Å². The minimum atomic E-state index is -4.45. The second-order valence-corrected chi connectivity index (χ2v) is 5.57. The van der Waals surface area contributed by atoms with Crippen LogP contribution in [0.5, 0.6) is 0 Å². The molecule has 0 unspecified atom stereocenters. The number of benzene rings is 2. The van der Waals surface area contributed by atoms with Crippen LogP contribution in [0, 0.1) is 0 Å². The fourth-order valence-electron chi connectivity index (χ4n) is 2.54. The average molecular weight is 358 g/mol. The third-order valence-electron chi connectivity index (χ3n) is 3.80. The quantitative estimate of drug-likeness (QED) is 0.628. The zero-order chi connectivity index (χ0) is 18.6. The lowest BCUT2D eigenvalue weighted by Crippen LogP contribution is -2.09. The van der Waals surface area contributed by atoms with E-state index in [0.717, 1.165) is 23.7 Å². The SMILES string of the molecule is CCc1ccccc1Nc1nccc(Nc2ccccc2C(F)(F)F)n1. The topological polar surface area (TPSA) is 49.8 Å². The summed E-state index contributed by atoms with van der Waals surface area (Å²) < 4.78 is 39.3. The van der Waals surface area contributed by atoms with Gasteiger partial charge in [-0.25, -0.2) is 4.98 Å². The minimum Gasteiger partial charge on any atom is -0.340 e. The molecule has 0 aliphatic rings. The van der Waals surface area contributed by atoms with Crippen molar-refractivity contribution in [2.24, 2.45) is 0 Å². The van der Waals surface area contributed by atoms with Crippen LogP contribution in [-0.4, -0.2) is 9.97 Å². The number of rotatable bonds is 5. The third kappa shape index (κ3) is 4.11. The number of nitrogens with one attached hydrogen (secondary N) is 2. The smallest absolute Gasteiger partial charge is 0.340 e. The van der Waals surface area contributed by atoms with Crippen molar-refractivity contribution >= 4 is 23.1 Å². The molecule has 0 saturated carbocycles. The molecule has 1 aromatic heterocycles. The molecule has 0 saturated heterocycles. The summed E-state index contributed by atoms with van der Waals surface area (Å²) in [6.45, 7) is 2.04. The van der Waals surface area contributed by atoms with Gasteiger partial charge in [-0.2, -0.15) is 18.2 Å². The Morgan fingerprint density at radius 3 is 2.31 bits per heavy atom. The summed E-state index contributed by atoms with van der Waals surface area (Å²) in [4.78, 5) is 8.40. The van der Waals surface area contributed by atoms with Crippen molar-refractivity contribution in [2.45, 2.75) is 19.5 Å². The van der Waals surface area contributed by atoms with Crippen LogP contribution in [0.4, 0.5) is 36.3 Å². The molecule has 0 fully saturated rings. The normalized spacial score (nSPS) is 11.2. The molecule has 3 rings (SSSR count). The Morgan fingerprint density at radius 1 is 0.885 bits per heavy atom. The molecule has 26 heavy (non-hydrogen) atoms. The van der Waals surface area contributed by atoms with Gasteiger partial charge in [0.15, 0.2) is 0 Å². The molecule has 134 valence electrons. The molecule has 0 atom stereocenters. The molecule has 0 amide bonds. The van der Waals surface area contributed by atoms with Gasteiger partial charge in [0, 0.05) is 11.9 Å². The zero-order valence-electron chi connectivity index (χ0n) is 14.0. The Morgan fingerprint density at radius 2 is 1.58 bits per heavy atom. The number of anilines is 4. The maximum absolute atomic E-state index is 13.1.